The Hall–Kier alpha value is -5.51. The summed E-state index contributed by atoms with van der Waals surface area (Å²) in [4.78, 5) is 0. The highest BCUT2D eigenvalue weighted by molar-refractivity contribution is 6.09. The Bertz CT molecular complexity index is 2430. The van der Waals surface area contributed by atoms with Crippen LogP contribution in [-0.2, 0) is 6.42 Å². The average Bonchev–Trinajstić information content (AvgIpc) is 3.61. The molecule has 0 saturated heterocycles. The van der Waals surface area contributed by atoms with Gasteiger partial charge in [-0.1, -0.05) is 104 Å². The lowest BCUT2D eigenvalue weighted by Crippen LogP contribution is -2.28. The lowest BCUT2D eigenvalue weighted by atomic mass is 9.71. The molecule has 7 aromatic rings. The van der Waals surface area contributed by atoms with Crippen molar-refractivity contribution in [3.63, 3.8) is 0 Å². The summed E-state index contributed by atoms with van der Waals surface area (Å²) in [5.74, 6) is -0.278. The molecule has 3 heteroatoms. The number of halogens is 1. The largest absolute Gasteiger partial charge is 0.327 e. The van der Waals surface area contributed by atoms with E-state index in [1.807, 2.05) is 31.2 Å². The zero-order valence-corrected chi connectivity index (χ0v) is 27.8. The molecule has 0 fully saturated rings. The first-order valence-corrected chi connectivity index (χ1v) is 17.1. The topological polar surface area (TPSA) is 30.9 Å². The first kappa shape index (κ1) is 29.6. The Morgan fingerprint density at radius 3 is 1.88 bits per heavy atom. The second-order valence-corrected chi connectivity index (χ2v) is 13.9. The third-order valence-electron chi connectivity index (χ3n) is 10.9. The van der Waals surface area contributed by atoms with Crippen LogP contribution in [-0.4, -0.2) is 10.6 Å². The van der Waals surface area contributed by atoms with E-state index in [2.05, 4.69) is 116 Å². The molecule has 1 heterocycles. The van der Waals surface area contributed by atoms with E-state index in [0.29, 0.717) is 5.69 Å². The van der Waals surface area contributed by atoms with E-state index >= 15 is 4.39 Å². The molecule has 0 aliphatic heterocycles. The van der Waals surface area contributed by atoms with Crippen molar-refractivity contribution in [1.29, 1.82) is 0 Å². The van der Waals surface area contributed by atoms with Gasteiger partial charge in [0.15, 0.2) is 0 Å². The van der Waals surface area contributed by atoms with Gasteiger partial charge in [0.25, 0.3) is 0 Å². The van der Waals surface area contributed by atoms with Gasteiger partial charge in [0.1, 0.15) is 5.82 Å². The number of benzene rings is 6. The van der Waals surface area contributed by atoms with E-state index in [0.717, 1.165) is 67.2 Å². The van der Waals surface area contributed by atoms with Gasteiger partial charge < -0.3 is 10.3 Å². The van der Waals surface area contributed by atoms with Crippen LogP contribution in [0.3, 0.4) is 0 Å². The zero-order chi connectivity index (χ0) is 33.6. The standard InChI is InChI=1S/C46H37FN2/c1-26(2)36-23-37-27(3)46(28(4)48)41-24-42(47)45(49-43-19-11-9-17-34(43)35-18-10-12-20-44(35)49)25-40(41)39(37)22-29(36)21-38-32-15-7-5-13-30(32)31-14-6-8-16-33(31)38/h5-20,22-25,28,38,46H,1,3,21,48H2,2,4H3/t28?,46-/m1/s1. The van der Waals surface area contributed by atoms with Crippen LogP contribution in [0.1, 0.15) is 59.1 Å². The van der Waals surface area contributed by atoms with Crippen molar-refractivity contribution in [2.24, 2.45) is 5.73 Å². The maximum absolute atomic E-state index is 16.6. The molecule has 1 aromatic heterocycles. The van der Waals surface area contributed by atoms with E-state index in [9.17, 15) is 0 Å². The summed E-state index contributed by atoms with van der Waals surface area (Å²) in [5, 5.41) is 2.20. The molecule has 0 bridgehead atoms. The van der Waals surface area contributed by atoms with Crippen molar-refractivity contribution in [2.75, 3.05) is 0 Å². The summed E-state index contributed by atoms with van der Waals surface area (Å²) in [6, 6.07) is 42.1. The highest BCUT2D eigenvalue weighted by atomic mass is 19.1. The van der Waals surface area contributed by atoms with Crippen molar-refractivity contribution in [3.8, 4) is 27.9 Å². The fraction of sp³-hybridized carbons (Fsp3) is 0.130. The van der Waals surface area contributed by atoms with Gasteiger partial charge in [0.05, 0.1) is 16.7 Å². The van der Waals surface area contributed by atoms with E-state index in [1.54, 1.807) is 6.07 Å². The third kappa shape index (κ3) is 4.35. The van der Waals surface area contributed by atoms with Gasteiger partial charge in [-0.05, 0) is 118 Å². The van der Waals surface area contributed by atoms with Crippen molar-refractivity contribution in [3.05, 3.63) is 174 Å². The van der Waals surface area contributed by atoms with Crippen molar-refractivity contribution >= 4 is 33.0 Å². The Morgan fingerprint density at radius 2 is 1.29 bits per heavy atom. The summed E-state index contributed by atoms with van der Waals surface area (Å²) < 4.78 is 18.7. The monoisotopic (exact) mass is 636 g/mol. The molecule has 0 saturated carbocycles. The minimum absolute atomic E-state index is 0.216. The molecule has 1 unspecified atom stereocenters. The maximum Gasteiger partial charge on any atom is 0.147 e. The smallest absolute Gasteiger partial charge is 0.147 e. The van der Waals surface area contributed by atoms with Crippen LogP contribution in [0, 0.1) is 5.82 Å². The van der Waals surface area contributed by atoms with Crippen LogP contribution in [0.15, 0.2) is 134 Å². The number of hydrogen-bond acceptors (Lipinski definition) is 1. The number of nitrogens with zero attached hydrogens (tertiary/aromatic N) is 1. The van der Waals surface area contributed by atoms with E-state index in [-0.39, 0.29) is 23.7 Å². The average molecular weight is 637 g/mol. The quantitative estimate of drug-likeness (QED) is 0.200. The lowest BCUT2D eigenvalue weighted by Gasteiger charge is -2.34. The Balaban J connectivity index is 1.28. The van der Waals surface area contributed by atoms with Crippen LogP contribution < -0.4 is 5.73 Å². The SMILES string of the molecule is C=C(C)c1cc2c(cc1CC1c3ccccc3-c3ccccc31)-c1cc(-n3c4ccccc4c4ccccc43)c(F)cc1[C@@H](C(C)N)C2=C. The summed E-state index contributed by atoms with van der Waals surface area (Å²) in [6.07, 6.45) is 0.822. The van der Waals surface area contributed by atoms with Gasteiger partial charge in [-0.15, -0.1) is 0 Å². The number of para-hydroxylation sites is 2. The Labute approximate surface area is 286 Å². The molecule has 2 aliphatic rings. The number of rotatable bonds is 5. The molecular formula is C46H37FN2. The summed E-state index contributed by atoms with van der Waals surface area (Å²) >= 11 is 0. The Kier molecular flexibility index (Phi) is 6.66. The second kappa shape index (κ2) is 11.0. The highest BCUT2D eigenvalue weighted by Gasteiger charge is 2.34. The van der Waals surface area contributed by atoms with Crippen LogP contribution in [0.5, 0.6) is 0 Å². The van der Waals surface area contributed by atoms with Crippen LogP contribution >= 0.6 is 0 Å². The normalized spacial score (nSPS) is 15.6. The molecule has 2 atom stereocenters. The maximum atomic E-state index is 16.6. The molecule has 0 spiro atoms. The Morgan fingerprint density at radius 1 is 0.714 bits per heavy atom. The van der Waals surface area contributed by atoms with Gasteiger partial charge >= 0.3 is 0 Å². The minimum Gasteiger partial charge on any atom is -0.327 e. The minimum atomic E-state index is -0.273. The van der Waals surface area contributed by atoms with Gasteiger partial charge in [0.2, 0.25) is 0 Å². The molecule has 2 N–H and O–H groups in total. The summed E-state index contributed by atoms with van der Waals surface area (Å²) in [7, 11) is 0. The number of aromatic nitrogens is 1. The molecule has 2 nitrogen and oxygen atoms in total. The van der Waals surface area contributed by atoms with Crippen LogP contribution in [0.4, 0.5) is 4.39 Å². The fourth-order valence-corrected chi connectivity index (χ4v) is 8.78. The van der Waals surface area contributed by atoms with Gasteiger partial charge in [-0.2, -0.15) is 0 Å². The molecule has 238 valence electrons. The molecule has 2 aliphatic carbocycles. The van der Waals surface area contributed by atoms with Gasteiger partial charge in [-0.25, -0.2) is 4.39 Å². The molecule has 0 radical (unpaired) electrons. The van der Waals surface area contributed by atoms with Gasteiger partial charge in [-0.3, -0.25) is 0 Å². The third-order valence-corrected chi connectivity index (χ3v) is 10.9. The van der Waals surface area contributed by atoms with Gasteiger partial charge in [0, 0.05) is 28.7 Å². The van der Waals surface area contributed by atoms with E-state index < -0.39 is 0 Å². The zero-order valence-electron chi connectivity index (χ0n) is 27.8. The first-order chi connectivity index (χ1) is 23.8. The number of fused-ring (bicyclic) bond motifs is 9. The van der Waals surface area contributed by atoms with E-state index in [1.165, 1.54) is 27.8 Å². The van der Waals surface area contributed by atoms with Crippen molar-refractivity contribution in [1.82, 2.24) is 4.57 Å². The number of allylic oxidation sites excluding steroid dienone is 1. The summed E-state index contributed by atoms with van der Waals surface area (Å²) in [6.45, 7) is 13.1. The van der Waals surface area contributed by atoms with Crippen LogP contribution in [0.25, 0.3) is 60.9 Å². The molecule has 0 amide bonds. The predicted molar refractivity (Wildman–Crippen MR) is 204 cm³/mol. The molecule has 49 heavy (non-hydrogen) atoms. The number of hydrogen-bond donors (Lipinski definition) is 1. The molecule has 6 aromatic carbocycles. The summed E-state index contributed by atoms with van der Waals surface area (Å²) in [5.41, 5.74) is 22.8. The molecular weight excluding hydrogens is 600 g/mol. The highest BCUT2D eigenvalue weighted by Crippen LogP contribution is 2.51. The first-order valence-electron chi connectivity index (χ1n) is 17.1. The van der Waals surface area contributed by atoms with Crippen molar-refractivity contribution < 1.29 is 4.39 Å². The number of nitrogens with two attached hydrogens (primary N) is 1. The van der Waals surface area contributed by atoms with Crippen LogP contribution in [0.2, 0.25) is 0 Å². The predicted octanol–water partition coefficient (Wildman–Crippen LogP) is 11.4. The van der Waals surface area contributed by atoms with Crippen molar-refractivity contribution in [2.45, 2.75) is 38.1 Å². The second-order valence-electron chi connectivity index (χ2n) is 13.9. The molecule has 9 rings (SSSR count). The lowest BCUT2D eigenvalue weighted by molar-refractivity contribution is 0.610. The van der Waals surface area contributed by atoms with E-state index in [4.69, 9.17) is 5.73 Å². The fourth-order valence-electron chi connectivity index (χ4n) is 8.78.